The summed E-state index contributed by atoms with van der Waals surface area (Å²) in [6.07, 6.45) is -1.52. The molecule has 1 unspecified atom stereocenters. The van der Waals surface area contributed by atoms with Crippen molar-refractivity contribution in [3.05, 3.63) is 59.0 Å². The molecule has 162 valence electrons. The van der Waals surface area contributed by atoms with Crippen LogP contribution in [0.1, 0.15) is 20.8 Å². The maximum Gasteiger partial charge on any atom is 0.410 e. The third kappa shape index (κ3) is 4.10. The summed E-state index contributed by atoms with van der Waals surface area (Å²) in [6, 6.07) is 13.6. The van der Waals surface area contributed by atoms with Crippen LogP contribution in [0.5, 0.6) is 11.5 Å². The number of likely N-dealkylation sites (tertiary alicyclic amines) is 1. The van der Waals surface area contributed by atoms with Crippen molar-refractivity contribution < 1.29 is 19.4 Å². The van der Waals surface area contributed by atoms with Crippen molar-refractivity contribution in [2.24, 2.45) is 5.11 Å². The number of fused-ring (bicyclic) bond motifs is 2. The molecule has 0 aromatic heterocycles. The maximum absolute atomic E-state index is 12.8. The van der Waals surface area contributed by atoms with Crippen LogP contribution in [0.15, 0.2) is 53.6 Å². The molecule has 3 atom stereocenters. The lowest BCUT2D eigenvalue weighted by Crippen LogP contribution is -2.61. The van der Waals surface area contributed by atoms with Crippen molar-refractivity contribution in [2.75, 3.05) is 18.0 Å². The first-order valence-electron chi connectivity index (χ1n) is 10.1. The van der Waals surface area contributed by atoms with Gasteiger partial charge in [0.25, 0.3) is 0 Å². The lowest BCUT2D eigenvalue weighted by atomic mass is 9.94. The molecule has 1 fully saturated rings. The standard InChI is InChI=1S/C22H25N5O4/c1-22(2,3)31-21(29)26-12-14(24-25-23)20(28)17(13-26)27-15-8-4-6-10-18(15)30-19-11-7-5-9-16(19)27/h4-11,14,17,20,28H,12-13H2,1-3H3/t14?,17-,20-/m0/s1. The molecule has 2 aromatic rings. The van der Waals surface area contributed by atoms with E-state index >= 15 is 0 Å². The number of aliphatic hydroxyl groups is 1. The van der Waals surface area contributed by atoms with Gasteiger partial charge < -0.3 is 24.4 Å². The van der Waals surface area contributed by atoms with Gasteiger partial charge in [-0.2, -0.15) is 0 Å². The second-order valence-corrected chi connectivity index (χ2v) is 8.62. The fourth-order valence-corrected chi connectivity index (χ4v) is 3.97. The Morgan fingerprint density at radius 2 is 1.71 bits per heavy atom. The Morgan fingerprint density at radius 1 is 1.13 bits per heavy atom. The van der Waals surface area contributed by atoms with E-state index in [-0.39, 0.29) is 13.1 Å². The van der Waals surface area contributed by atoms with E-state index in [1.54, 1.807) is 20.8 Å². The molecule has 1 saturated heterocycles. The Kier molecular flexibility index (Phi) is 5.39. The number of benzene rings is 2. The molecule has 1 N–H and O–H groups in total. The van der Waals surface area contributed by atoms with E-state index in [2.05, 4.69) is 10.0 Å². The first kappa shape index (κ1) is 20.8. The number of para-hydroxylation sites is 4. The summed E-state index contributed by atoms with van der Waals surface area (Å²) in [7, 11) is 0. The summed E-state index contributed by atoms with van der Waals surface area (Å²) in [6.45, 7) is 5.64. The van der Waals surface area contributed by atoms with E-state index in [4.69, 9.17) is 15.0 Å². The van der Waals surface area contributed by atoms with Gasteiger partial charge in [0.1, 0.15) is 5.60 Å². The molecule has 0 bridgehead atoms. The topological polar surface area (TPSA) is 111 Å². The van der Waals surface area contributed by atoms with E-state index in [0.29, 0.717) is 11.5 Å². The normalized spacial score (nSPS) is 22.5. The molecule has 31 heavy (non-hydrogen) atoms. The quantitative estimate of drug-likeness (QED) is 0.431. The molecule has 1 amide bonds. The molecule has 2 aliphatic rings. The average molecular weight is 423 g/mol. The summed E-state index contributed by atoms with van der Waals surface area (Å²) in [5, 5.41) is 14.9. The van der Waals surface area contributed by atoms with Gasteiger partial charge in [-0.05, 0) is 50.6 Å². The number of ether oxygens (including phenoxy) is 2. The molecule has 2 aliphatic heterocycles. The van der Waals surface area contributed by atoms with E-state index in [1.807, 2.05) is 53.4 Å². The minimum absolute atomic E-state index is 0.0737. The number of piperidine rings is 1. The van der Waals surface area contributed by atoms with Crippen LogP contribution < -0.4 is 9.64 Å². The van der Waals surface area contributed by atoms with Gasteiger partial charge in [0, 0.05) is 18.0 Å². The third-order valence-electron chi connectivity index (χ3n) is 5.26. The van der Waals surface area contributed by atoms with Crippen molar-refractivity contribution in [1.82, 2.24) is 4.90 Å². The van der Waals surface area contributed by atoms with E-state index in [0.717, 1.165) is 11.4 Å². The van der Waals surface area contributed by atoms with Crippen LogP contribution in [-0.2, 0) is 4.74 Å². The van der Waals surface area contributed by atoms with Crippen molar-refractivity contribution in [3.63, 3.8) is 0 Å². The Labute approximate surface area is 180 Å². The number of aliphatic hydroxyl groups excluding tert-OH is 1. The highest BCUT2D eigenvalue weighted by Crippen LogP contribution is 2.48. The zero-order valence-corrected chi connectivity index (χ0v) is 17.7. The Hall–Kier alpha value is -3.42. The monoisotopic (exact) mass is 423 g/mol. The van der Waals surface area contributed by atoms with E-state index < -0.39 is 29.9 Å². The number of nitrogens with zero attached hydrogens (tertiary/aromatic N) is 5. The van der Waals surface area contributed by atoms with Gasteiger partial charge in [-0.1, -0.05) is 29.4 Å². The predicted octanol–water partition coefficient (Wildman–Crippen LogP) is 4.59. The van der Waals surface area contributed by atoms with Gasteiger partial charge in [-0.15, -0.1) is 0 Å². The Balaban J connectivity index is 1.76. The molecular weight excluding hydrogens is 398 g/mol. The number of azide groups is 1. The van der Waals surface area contributed by atoms with E-state index in [9.17, 15) is 9.90 Å². The lowest BCUT2D eigenvalue weighted by Gasteiger charge is -2.47. The van der Waals surface area contributed by atoms with Crippen LogP contribution in [0.2, 0.25) is 0 Å². The minimum atomic E-state index is -1.01. The summed E-state index contributed by atoms with van der Waals surface area (Å²) in [4.78, 5) is 19.2. The molecule has 2 heterocycles. The van der Waals surface area contributed by atoms with Crippen LogP contribution in [0.4, 0.5) is 16.2 Å². The molecular formula is C22H25N5O4. The second-order valence-electron chi connectivity index (χ2n) is 8.62. The highest BCUT2D eigenvalue weighted by atomic mass is 16.6. The van der Waals surface area contributed by atoms with Crippen LogP contribution >= 0.6 is 0 Å². The molecule has 0 radical (unpaired) electrons. The first-order chi connectivity index (χ1) is 14.8. The predicted molar refractivity (Wildman–Crippen MR) is 116 cm³/mol. The summed E-state index contributed by atoms with van der Waals surface area (Å²) >= 11 is 0. The number of carbonyl (C=O) groups excluding carboxylic acids is 1. The van der Waals surface area contributed by atoms with Crippen molar-refractivity contribution in [1.29, 1.82) is 0 Å². The fraction of sp³-hybridized carbons (Fsp3) is 0.409. The highest BCUT2D eigenvalue weighted by molar-refractivity contribution is 5.79. The molecule has 2 aromatic carbocycles. The fourth-order valence-electron chi connectivity index (χ4n) is 3.97. The van der Waals surface area contributed by atoms with Crippen molar-refractivity contribution in [3.8, 4) is 11.5 Å². The van der Waals surface area contributed by atoms with Gasteiger partial charge in [0.2, 0.25) is 0 Å². The number of anilines is 2. The lowest BCUT2D eigenvalue weighted by molar-refractivity contribution is -0.00122. The molecule has 0 saturated carbocycles. The van der Waals surface area contributed by atoms with Crippen molar-refractivity contribution >= 4 is 17.5 Å². The number of hydrogen-bond acceptors (Lipinski definition) is 6. The van der Waals surface area contributed by atoms with Crippen LogP contribution in [0, 0.1) is 0 Å². The van der Waals surface area contributed by atoms with Gasteiger partial charge in [-0.3, -0.25) is 0 Å². The first-order valence-corrected chi connectivity index (χ1v) is 10.1. The van der Waals surface area contributed by atoms with Gasteiger partial charge in [0.15, 0.2) is 11.5 Å². The summed E-state index contributed by atoms with van der Waals surface area (Å²) in [5.74, 6) is 1.28. The Bertz CT molecular complexity index is 985. The molecule has 9 nitrogen and oxygen atoms in total. The number of hydrogen-bond donors (Lipinski definition) is 1. The number of amides is 1. The number of carbonyl (C=O) groups is 1. The summed E-state index contributed by atoms with van der Waals surface area (Å²) in [5.41, 5.74) is 9.89. The SMILES string of the molecule is CC(C)(C)OC(=O)N1CC(N=[N+]=[N-])[C@H](O)[C@@H](N2c3ccccc3Oc3ccccc32)C1. The highest BCUT2D eigenvalue weighted by Gasteiger charge is 2.44. The molecule has 0 aliphatic carbocycles. The van der Waals surface area contributed by atoms with Crippen molar-refractivity contribution in [2.45, 2.75) is 44.6 Å². The number of rotatable bonds is 2. The molecule has 9 heteroatoms. The van der Waals surface area contributed by atoms with Crippen LogP contribution in [-0.4, -0.2) is 53.0 Å². The smallest absolute Gasteiger partial charge is 0.410 e. The Morgan fingerprint density at radius 3 is 2.26 bits per heavy atom. The van der Waals surface area contributed by atoms with E-state index in [1.165, 1.54) is 4.90 Å². The van der Waals surface area contributed by atoms with Crippen LogP contribution in [0.25, 0.3) is 10.4 Å². The zero-order chi connectivity index (χ0) is 22.2. The third-order valence-corrected chi connectivity index (χ3v) is 5.26. The zero-order valence-electron chi connectivity index (χ0n) is 17.7. The molecule has 0 spiro atoms. The summed E-state index contributed by atoms with van der Waals surface area (Å²) < 4.78 is 11.6. The van der Waals surface area contributed by atoms with Crippen LogP contribution in [0.3, 0.4) is 0 Å². The average Bonchev–Trinajstić information content (AvgIpc) is 2.72. The second kappa shape index (κ2) is 8.02. The van der Waals surface area contributed by atoms with Gasteiger partial charge >= 0.3 is 6.09 Å². The molecule has 4 rings (SSSR count). The minimum Gasteiger partial charge on any atom is -0.453 e. The van der Waals surface area contributed by atoms with Gasteiger partial charge in [-0.25, -0.2) is 4.79 Å². The van der Waals surface area contributed by atoms with Gasteiger partial charge in [0.05, 0.1) is 29.6 Å². The largest absolute Gasteiger partial charge is 0.453 e. The maximum atomic E-state index is 12.8.